The number of hydrogen-bond acceptors (Lipinski definition) is 3. The highest BCUT2D eigenvalue weighted by molar-refractivity contribution is 5.94. The van der Waals surface area contributed by atoms with Gasteiger partial charge in [0.1, 0.15) is 0 Å². The van der Waals surface area contributed by atoms with Crippen LogP contribution in [0.5, 0.6) is 0 Å². The van der Waals surface area contributed by atoms with Gasteiger partial charge >= 0.3 is 0 Å². The second kappa shape index (κ2) is 8.97. The van der Waals surface area contributed by atoms with Crippen LogP contribution in [0.25, 0.3) is 11.1 Å². The molecule has 0 spiro atoms. The Balaban J connectivity index is 1.70. The van der Waals surface area contributed by atoms with Crippen molar-refractivity contribution in [3.8, 4) is 11.1 Å². The monoisotopic (exact) mass is 373 g/mol. The average molecular weight is 373 g/mol. The Labute approximate surface area is 164 Å². The Morgan fingerprint density at radius 2 is 1.29 bits per heavy atom. The molecule has 0 unspecified atom stereocenters. The van der Waals surface area contributed by atoms with Gasteiger partial charge in [0.15, 0.2) is 0 Å². The highest BCUT2D eigenvalue weighted by Gasteiger charge is 2.10. The lowest BCUT2D eigenvalue weighted by atomic mass is 10.0. The summed E-state index contributed by atoms with van der Waals surface area (Å²) in [5, 5.41) is 0. The lowest BCUT2D eigenvalue weighted by molar-refractivity contribution is -0.130. The molecule has 0 bridgehead atoms. The summed E-state index contributed by atoms with van der Waals surface area (Å²) < 4.78 is 0. The molecule has 0 aliphatic rings. The quantitative estimate of drug-likeness (QED) is 0.394. The Kier molecular flexibility index (Phi) is 6.19. The molecule has 0 heterocycles. The number of rotatable bonds is 6. The van der Waals surface area contributed by atoms with Crippen molar-refractivity contribution in [1.82, 2.24) is 10.3 Å². The zero-order valence-corrected chi connectivity index (χ0v) is 15.8. The van der Waals surface area contributed by atoms with Gasteiger partial charge in [-0.05, 0) is 34.4 Å². The van der Waals surface area contributed by atoms with E-state index >= 15 is 0 Å². The van der Waals surface area contributed by atoms with Gasteiger partial charge in [-0.25, -0.2) is 5.84 Å². The molecule has 3 aromatic carbocycles. The smallest absolute Gasteiger partial charge is 0.265 e. The molecule has 0 aromatic heterocycles. The molecule has 28 heavy (non-hydrogen) atoms. The van der Waals surface area contributed by atoms with Gasteiger partial charge in [0.25, 0.3) is 5.91 Å². The number of carbonyl (C=O) groups excluding carboxylic acids is 2. The molecule has 3 rings (SSSR count). The number of amides is 2. The number of carbonyl (C=O) groups is 2. The second-order valence-corrected chi connectivity index (χ2v) is 6.61. The van der Waals surface area contributed by atoms with Crippen LogP contribution < -0.4 is 11.3 Å². The first kappa shape index (κ1) is 19.3. The topological polar surface area (TPSA) is 75.4 Å². The summed E-state index contributed by atoms with van der Waals surface area (Å²) in [6, 6.07) is 25.3. The number of nitrogen functional groups attached to an aromatic ring is 1. The molecular weight excluding hydrogens is 350 g/mol. The fourth-order valence-corrected chi connectivity index (χ4v) is 3.00. The van der Waals surface area contributed by atoms with E-state index < -0.39 is 0 Å². The minimum Gasteiger partial charge on any atom is -0.334 e. The first-order valence-corrected chi connectivity index (χ1v) is 9.06. The zero-order chi connectivity index (χ0) is 19.9. The van der Waals surface area contributed by atoms with E-state index in [1.54, 1.807) is 19.1 Å². The lowest BCUT2D eigenvalue weighted by Crippen LogP contribution is -2.29. The second-order valence-electron chi connectivity index (χ2n) is 6.61. The van der Waals surface area contributed by atoms with Crippen LogP contribution in [0.15, 0.2) is 78.9 Å². The number of nitrogens with zero attached hydrogens (tertiary/aromatic N) is 1. The molecule has 0 aliphatic carbocycles. The molecule has 0 radical (unpaired) electrons. The third-order valence-corrected chi connectivity index (χ3v) is 4.60. The van der Waals surface area contributed by atoms with Gasteiger partial charge in [-0.15, -0.1) is 0 Å². The summed E-state index contributed by atoms with van der Waals surface area (Å²) in [6.45, 7) is 2.74. The van der Waals surface area contributed by atoms with Crippen LogP contribution >= 0.6 is 0 Å². The molecule has 0 atom stereocenters. The maximum Gasteiger partial charge on any atom is 0.265 e. The average Bonchev–Trinajstić information content (AvgIpc) is 2.74. The van der Waals surface area contributed by atoms with Gasteiger partial charge < -0.3 is 4.90 Å². The maximum absolute atomic E-state index is 12.0. The summed E-state index contributed by atoms with van der Waals surface area (Å²) in [5.41, 5.74) is 6.86. The summed E-state index contributed by atoms with van der Waals surface area (Å²) in [4.78, 5) is 25.4. The van der Waals surface area contributed by atoms with Crippen LogP contribution in [0.1, 0.15) is 28.4 Å². The van der Waals surface area contributed by atoms with Crippen LogP contribution in [-0.4, -0.2) is 16.7 Å². The number of nitrogens with two attached hydrogens (primary N) is 1. The molecule has 5 nitrogen and oxygen atoms in total. The van der Waals surface area contributed by atoms with E-state index in [0.717, 1.165) is 22.3 Å². The highest BCUT2D eigenvalue weighted by Crippen LogP contribution is 2.21. The van der Waals surface area contributed by atoms with Crippen LogP contribution in [0.3, 0.4) is 0 Å². The largest absolute Gasteiger partial charge is 0.334 e. The van der Waals surface area contributed by atoms with Gasteiger partial charge in [0, 0.05) is 25.6 Å². The Bertz CT molecular complexity index is 936. The lowest BCUT2D eigenvalue weighted by Gasteiger charge is -2.21. The van der Waals surface area contributed by atoms with Gasteiger partial charge in [-0.2, -0.15) is 0 Å². The first-order valence-electron chi connectivity index (χ1n) is 9.06. The Hall–Kier alpha value is -3.44. The minimum atomic E-state index is -0.315. The first-order chi connectivity index (χ1) is 13.6. The molecular formula is C23H23N3O2. The van der Waals surface area contributed by atoms with Gasteiger partial charge in [0.05, 0.1) is 0 Å². The van der Waals surface area contributed by atoms with Crippen molar-refractivity contribution in [1.29, 1.82) is 0 Å². The highest BCUT2D eigenvalue weighted by atomic mass is 16.2. The van der Waals surface area contributed by atoms with Crippen molar-refractivity contribution >= 4 is 11.8 Å². The number of benzene rings is 3. The molecule has 0 fully saturated rings. The van der Waals surface area contributed by atoms with Gasteiger partial charge in [-0.1, -0.05) is 66.7 Å². The SMILES string of the molecule is CC(=O)N(Cc1ccccc1)Cc1ccc(-c2ccc(C(=O)NN)cc2)cc1. The standard InChI is InChI=1S/C23H23N3O2/c1-17(27)26(15-18-5-3-2-4-6-18)16-19-7-9-20(10-8-19)21-11-13-22(14-12-21)23(28)25-24/h2-14H,15-16,24H2,1H3,(H,25,28). The van der Waals surface area contributed by atoms with E-state index in [9.17, 15) is 9.59 Å². The van der Waals surface area contributed by atoms with E-state index in [0.29, 0.717) is 18.7 Å². The zero-order valence-electron chi connectivity index (χ0n) is 15.8. The fraction of sp³-hybridized carbons (Fsp3) is 0.130. The summed E-state index contributed by atoms with van der Waals surface area (Å²) >= 11 is 0. The summed E-state index contributed by atoms with van der Waals surface area (Å²) in [6.07, 6.45) is 0. The number of hydrazine groups is 1. The van der Waals surface area contributed by atoms with Crippen molar-refractivity contribution in [2.75, 3.05) is 0 Å². The third kappa shape index (κ3) is 4.84. The molecule has 5 heteroatoms. The summed E-state index contributed by atoms with van der Waals surface area (Å²) in [5.74, 6) is 4.88. The Morgan fingerprint density at radius 3 is 1.79 bits per heavy atom. The molecule has 142 valence electrons. The normalized spacial score (nSPS) is 10.4. The van der Waals surface area contributed by atoms with Crippen molar-refractivity contribution in [2.24, 2.45) is 5.84 Å². The maximum atomic E-state index is 12.0. The molecule has 3 aromatic rings. The van der Waals surface area contributed by atoms with Gasteiger partial charge in [0.2, 0.25) is 5.91 Å². The van der Waals surface area contributed by atoms with Gasteiger partial charge in [-0.3, -0.25) is 15.0 Å². The molecule has 3 N–H and O–H groups in total. The van der Waals surface area contributed by atoms with Crippen molar-refractivity contribution < 1.29 is 9.59 Å². The van der Waals surface area contributed by atoms with E-state index in [4.69, 9.17) is 5.84 Å². The van der Waals surface area contributed by atoms with E-state index in [1.807, 2.05) is 71.6 Å². The Morgan fingerprint density at radius 1 is 0.786 bits per heavy atom. The van der Waals surface area contributed by atoms with Crippen LogP contribution in [-0.2, 0) is 17.9 Å². The predicted molar refractivity (Wildman–Crippen MR) is 110 cm³/mol. The van der Waals surface area contributed by atoms with Crippen LogP contribution in [0, 0.1) is 0 Å². The molecule has 0 aliphatic heterocycles. The molecule has 0 saturated carbocycles. The van der Waals surface area contributed by atoms with E-state index in [-0.39, 0.29) is 11.8 Å². The third-order valence-electron chi connectivity index (χ3n) is 4.60. The number of hydrogen-bond donors (Lipinski definition) is 2. The molecule has 0 saturated heterocycles. The van der Waals surface area contributed by atoms with E-state index in [1.165, 1.54) is 0 Å². The van der Waals surface area contributed by atoms with Crippen molar-refractivity contribution in [3.05, 3.63) is 95.6 Å². The number of nitrogens with one attached hydrogen (secondary N) is 1. The minimum absolute atomic E-state index is 0.0432. The predicted octanol–water partition coefficient (Wildman–Crippen LogP) is 3.51. The van der Waals surface area contributed by atoms with E-state index in [2.05, 4.69) is 5.43 Å². The van der Waals surface area contributed by atoms with Crippen molar-refractivity contribution in [2.45, 2.75) is 20.0 Å². The fourth-order valence-electron chi connectivity index (χ4n) is 3.00. The molecule has 2 amide bonds. The van der Waals surface area contributed by atoms with Crippen molar-refractivity contribution in [3.63, 3.8) is 0 Å². The van der Waals surface area contributed by atoms with Crippen LogP contribution in [0.2, 0.25) is 0 Å². The summed E-state index contributed by atoms with van der Waals surface area (Å²) in [7, 11) is 0. The van der Waals surface area contributed by atoms with Crippen LogP contribution in [0.4, 0.5) is 0 Å².